The second kappa shape index (κ2) is 9.79. The van der Waals surface area contributed by atoms with E-state index in [-0.39, 0.29) is 12.8 Å². The lowest BCUT2D eigenvalue weighted by Crippen LogP contribution is -2.32. The minimum Gasteiger partial charge on any atom is -0.481 e. The first kappa shape index (κ1) is 19.1. The number of aliphatic carboxylic acids is 4. The SMILES string of the molecule is N[C@@H](CC(=O)O)C(=O)O.N[C@H](CCC(=O)O)C(=O)O. The van der Waals surface area contributed by atoms with Crippen LogP contribution in [0.5, 0.6) is 0 Å². The summed E-state index contributed by atoms with van der Waals surface area (Å²) in [4.78, 5) is 39.5. The molecule has 8 N–H and O–H groups in total. The van der Waals surface area contributed by atoms with Crippen molar-refractivity contribution in [3.8, 4) is 0 Å². The molecule has 10 nitrogen and oxygen atoms in total. The molecule has 0 heterocycles. The lowest BCUT2D eigenvalue weighted by Gasteiger charge is -2.01. The molecule has 0 aliphatic rings. The number of nitrogens with two attached hydrogens (primary N) is 2. The molecule has 0 aromatic rings. The average molecular weight is 280 g/mol. The van der Waals surface area contributed by atoms with Crippen LogP contribution in [-0.2, 0) is 19.2 Å². The van der Waals surface area contributed by atoms with Crippen molar-refractivity contribution >= 4 is 23.9 Å². The van der Waals surface area contributed by atoms with E-state index in [0.717, 1.165) is 0 Å². The molecule has 0 amide bonds. The van der Waals surface area contributed by atoms with E-state index in [9.17, 15) is 19.2 Å². The highest BCUT2D eigenvalue weighted by Crippen LogP contribution is 1.93. The number of carbonyl (C=O) groups is 4. The van der Waals surface area contributed by atoms with Gasteiger partial charge in [0.15, 0.2) is 0 Å². The van der Waals surface area contributed by atoms with E-state index in [4.69, 9.17) is 31.9 Å². The Labute approximate surface area is 107 Å². The van der Waals surface area contributed by atoms with E-state index in [1.165, 1.54) is 0 Å². The number of carboxylic acid groups (broad SMARTS) is 4. The van der Waals surface area contributed by atoms with Gasteiger partial charge in [0.25, 0.3) is 0 Å². The molecule has 0 saturated carbocycles. The molecule has 0 aromatic heterocycles. The number of hydrogen-bond donors (Lipinski definition) is 6. The maximum atomic E-state index is 9.99. The normalized spacial score (nSPS) is 12.5. The molecule has 0 fully saturated rings. The van der Waals surface area contributed by atoms with Gasteiger partial charge in [0, 0.05) is 6.42 Å². The van der Waals surface area contributed by atoms with Crippen molar-refractivity contribution in [2.45, 2.75) is 31.3 Å². The van der Waals surface area contributed by atoms with Crippen molar-refractivity contribution in [3.63, 3.8) is 0 Å². The average Bonchev–Trinajstić information content (AvgIpc) is 2.25. The van der Waals surface area contributed by atoms with Crippen LogP contribution in [0.25, 0.3) is 0 Å². The van der Waals surface area contributed by atoms with Gasteiger partial charge in [-0.05, 0) is 6.42 Å². The van der Waals surface area contributed by atoms with E-state index in [1.807, 2.05) is 0 Å². The Hall–Kier alpha value is -2.20. The Morgan fingerprint density at radius 1 is 0.789 bits per heavy atom. The van der Waals surface area contributed by atoms with Crippen LogP contribution in [0.1, 0.15) is 19.3 Å². The molecule has 0 spiro atoms. The van der Waals surface area contributed by atoms with Crippen LogP contribution in [0, 0.1) is 0 Å². The Bertz CT molecular complexity index is 343. The van der Waals surface area contributed by atoms with Gasteiger partial charge < -0.3 is 31.9 Å². The topological polar surface area (TPSA) is 201 Å². The lowest BCUT2D eigenvalue weighted by atomic mass is 10.2. The van der Waals surface area contributed by atoms with Gasteiger partial charge in [0.05, 0.1) is 6.42 Å². The van der Waals surface area contributed by atoms with Crippen LogP contribution in [0.2, 0.25) is 0 Å². The molecule has 10 heteroatoms. The van der Waals surface area contributed by atoms with Crippen molar-refractivity contribution in [1.29, 1.82) is 0 Å². The second-order valence-corrected chi connectivity index (χ2v) is 3.42. The monoisotopic (exact) mass is 280 g/mol. The molecule has 0 radical (unpaired) electrons. The number of hydrogen-bond acceptors (Lipinski definition) is 6. The van der Waals surface area contributed by atoms with Gasteiger partial charge in [-0.1, -0.05) is 0 Å². The van der Waals surface area contributed by atoms with E-state index < -0.39 is 42.4 Å². The van der Waals surface area contributed by atoms with Crippen molar-refractivity contribution in [2.75, 3.05) is 0 Å². The Balaban J connectivity index is 0. The number of carboxylic acids is 4. The zero-order valence-corrected chi connectivity index (χ0v) is 9.85. The Morgan fingerprint density at radius 2 is 1.21 bits per heavy atom. The van der Waals surface area contributed by atoms with Crippen LogP contribution >= 0.6 is 0 Å². The summed E-state index contributed by atoms with van der Waals surface area (Å²) in [6.45, 7) is 0. The standard InChI is InChI=1S/C5H9NO4.C4H7NO4/c6-3(5(9)10)1-2-4(7)8;5-2(4(8)9)1-3(6)7/h3H,1-2,6H2,(H,7,8)(H,9,10);2H,1,5H2,(H,6,7)(H,8,9)/t3-;2-/m10/s1. The summed E-state index contributed by atoms with van der Waals surface area (Å²) < 4.78 is 0. The third-order valence-electron chi connectivity index (χ3n) is 1.70. The first-order valence-corrected chi connectivity index (χ1v) is 4.98. The minimum atomic E-state index is -1.29. The molecule has 0 bridgehead atoms. The van der Waals surface area contributed by atoms with Gasteiger partial charge in [-0.25, -0.2) is 0 Å². The summed E-state index contributed by atoms with van der Waals surface area (Å²) in [5.74, 6) is -4.69. The summed E-state index contributed by atoms with van der Waals surface area (Å²) in [7, 11) is 0. The van der Waals surface area contributed by atoms with Gasteiger partial charge >= 0.3 is 23.9 Å². The molecule has 2 atom stereocenters. The fraction of sp³-hybridized carbons (Fsp3) is 0.556. The fourth-order valence-corrected chi connectivity index (χ4v) is 0.678. The van der Waals surface area contributed by atoms with Crippen LogP contribution in [0.4, 0.5) is 0 Å². The van der Waals surface area contributed by atoms with E-state index in [0.29, 0.717) is 0 Å². The van der Waals surface area contributed by atoms with Gasteiger partial charge in [0.1, 0.15) is 12.1 Å². The summed E-state index contributed by atoms with van der Waals surface area (Å²) in [5, 5.41) is 32.3. The quantitative estimate of drug-likeness (QED) is 0.307. The van der Waals surface area contributed by atoms with Crippen molar-refractivity contribution in [3.05, 3.63) is 0 Å². The maximum Gasteiger partial charge on any atom is 0.321 e. The summed E-state index contributed by atoms with van der Waals surface area (Å²) in [5.41, 5.74) is 9.84. The van der Waals surface area contributed by atoms with Gasteiger partial charge in [-0.2, -0.15) is 0 Å². The predicted octanol–water partition coefficient (Wildman–Crippen LogP) is -1.86. The largest absolute Gasteiger partial charge is 0.481 e. The maximum absolute atomic E-state index is 9.99. The van der Waals surface area contributed by atoms with Crippen LogP contribution in [0.15, 0.2) is 0 Å². The summed E-state index contributed by atoms with van der Waals surface area (Å²) >= 11 is 0. The van der Waals surface area contributed by atoms with Gasteiger partial charge in [-0.15, -0.1) is 0 Å². The zero-order valence-electron chi connectivity index (χ0n) is 9.85. The van der Waals surface area contributed by atoms with Crippen LogP contribution < -0.4 is 11.5 Å². The highest BCUT2D eigenvalue weighted by molar-refractivity contribution is 5.80. The van der Waals surface area contributed by atoms with Gasteiger partial charge in [-0.3, -0.25) is 19.2 Å². The van der Waals surface area contributed by atoms with E-state index in [2.05, 4.69) is 0 Å². The Kier molecular flexibility index (Phi) is 9.87. The highest BCUT2D eigenvalue weighted by atomic mass is 16.4. The predicted molar refractivity (Wildman–Crippen MR) is 60.3 cm³/mol. The number of rotatable bonds is 7. The molecule has 0 unspecified atom stereocenters. The highest BCUT2D eigenvalue weighted by Gasteiger charge is 2.14. The lowest BCUT2D eigenvalue weighted by molar-refractivity contribution is -0.144. The first-order valence-electron chi connectivity index (χ1n) is 4.98. The summed E-state index contributed by atoms with van der Waals surface area (Å²) in [6.07, 6.45) is -0.756. The second-order valence-electron chi connectivity index (χ2n) is 3.42. The summed E-state index contributed by atoms with van der Waals surface area (Å²) in [6, 6.07) is -2.35. The third-order valence-corrected chi connectivity index (χ3v) is 1.70. The van der Waals surface area contributed by atoms with Crippen LogP contribution in [-0.4, -0.2) is 56.4 Å². The first-order chi connectivity index (χ1) is 8.57. The van der Waals surface area contributed by atoms with Crippen molar-refractivity contribution < 1.29 is 39.6 Å². The van der Waals surface area contributed by atoms with Gasteiger partial charge in [0.2, 0.25) is 0 Å². The molecular weight excluding hydrogens is 264 g/mol. The molecule has 0 saturated heterocycles. The molecular formula is C9H16N2O8. The third kappa shape index (κ3) is 13.7. The fourth-order valence-electron chi connectivity index (χ4n) is 0.678. The smallest absolute Gasteiger partial charge is 0.321 e. The molecule has 0 rings (SSSR count). The van der Waals surface area contributed by atoms with E-state index in [1.54, 1.807) is 0 Å². The van der Waals surface area contributed by atoms with E-state index >= 15 is 0 Å². The Morgan fingerprint density at radius 3 is 1.42 bits per heavy atom. The van der Waals surface area contributed by atoms with Crippen molar-refractivity contribution in [2.24, 2.45) is 11.5 Å². The molecule has 0 aliphatic heterocycles. The molecule has 0 aliphatic carbocycles. The van der Waals surface area contributed by atoms with Crippen molar-refractivity contribution in [1.82, 2.24) is 0 Å². The molecule has 19 heavy (non-hydrogen) atoms. The van der Waals surface area contributed by atoms with Crippen LogP contribution in [0.3, 0.4) is 0 Å². The molecule has 110 valence electrons. The zero-order chi connectivity index (χ0) is 15.6. The minimum absolute atomic E-state index is 0.0231. The molecule has 0 aromatic carbocycles.